The van der Waals surface area contributed by atoms with Gasteiger partial charge in [-0.2, -0.15) is 0 Å². The molecule has 160 valence electrons. The van der Waals surface area contributed by atoms with Crippen LogP contribution >= 0.6 is 36.4 Å². The quantitative estimate of drug-likeness (QED) is 0.716. The second kappa shape index (κ2) is 11.2. The van der Waals surface area contributed by atoms with Crippen LogP contribution in [0.15, 0.2) is 30.5 Å². The maximum Gasteiger partial charge on any atom is 0.223 e. The number of hydrogen-bond acceptors (Lipinski definition) is 4. The molecule has 1 aromatic carbocycles. The van der Waals surface area contributed by atoms with E-state index in [0.29, 0.717) is 6.42 Å². The minimum Gasteiger partial charge on any atom is -0.341 e. The van der Waals surface area contributed by atoms with E-state index in [1.807, 2.05) is 35.4 Å². The van der Waals surface area contributed by atoms with Gasteiger partial charge in [0.05, 0.1) is 17.9 Å². The number of H-pyrrole nitrogens is 1. The highest BCUT2D eigenvalue weighted by molar-refractivity contribution is 6.30. The molecule has 0 spiro atoms. The van der Waals surface area contributed by atoms with Crippen LogP contribution in [0.5, 0.6) is 0 Å². The van der Waals surface area contributed by atoms with E-state index in [1.54, 1.807) is 0 Å². The molecule has 2 aromatic rings. The van der Waals surface area contributed by atoms with Crippen LogP contribution in [0.4, 0.5) is 0 Å². The molecule has 0 aliphatic carbocycles. The van der Waals surface area contributed by atoms with Gasteiger partial charge in [0.1, 0.15) is 5.82 Å². The predicted octanol–water partition coefficient (Wildman–Crippen LogP) is 3.53. The van der Waals surface area contributed by atoms with E-state index in [0.717, 1.165) is 74.2 Å². The van der Waals surface area contributed by atoms with Crippen molar-refractivity contribution in [1.82, 2.24) is 25.1 Å². The van der Waals surface area contributed by atoms with Crippen LogP contribution in [0, 0.1) is 0 Å². The highest BCUT2D eigenvalue weighted by atomic mass is 35.5. The van der Waals surface area contributed by atoms with Crippen molar-refractivity contribution in [3.8, 4) is 11.3 Å². The topological polar surface area (TPSA) is 64.3 Å². The first-order valence-corrected chi connectivity index (χ1v) is 10.1. The van der Waals surface area contributed by atoms with Crippen molar-refractivity contribution in [3.63, 3.8) is 0 Å². The van der Waals surface area contributed by atoms with E-state index in [4.69, 9.17) is 11.6 Å². The number of carbonyl (C=O) groups is 1. The third-order valence-electron chi connectivity index (χ3n) is 5.51. The van der Waals surface area contributed by atoms with Gasteiger partial charge in [0.2, 0.25) is 5.91 Å². The average molecular weight is 461 g/mol. The minimum atomic E-state index is 0. The fourth-order valence-electron chi connectivity index (χ4n) is 4.00. The number of carbonyl (C=O) groups excluding carboxylic acids is 1. The van der Waals surface area contributed by atoms with Gasteiger partial charge in [-0.15, -0.1) is 24.8 Å². The van der Waals surface area contributed by atoms with E-state index in [1.165, 1.54) is 0 Å². The van der Waals surface area contributed by atoms with Crippen LogP contribution in [0.2, 0.25) is 5.02 Å². The number of piperazine rings is 1. The molecule has 1 unspecified atom stereocenters. The summed E-state index contributed by atoms with van der Waals surface area (Å²) in [6, 6.07) is 8.04. The first kappa shape index (κ1) is 24.0. The standard InChI is InChI=1S/C20H26ClN5O.2ClH/c21-16-5-3-15(4-6-16)17-14-23-20(24-17)18-2-1-10-25(18)11-7-19(27)26-12-8-22-9-13-26;;/h3-6,14,18,22H,1-2,7-13H2,(H,23,24);2*1H. The van der Waals surface area contributed by atoms with Crippen LogP contribution < -0.4 is 5.32 Å². The van der Waals surface area contributed by atoms with Gasteiger partial charge in [-0.1, -0.05) is 23.7 Å². The van der Waals surface area contributed by atoms with E-state index in [2.05, 4.69) is 20.2 Å². The number of hydrogen-bond donors (Lipinski definition) is 2. The number of aromatic nitrogens is 2. The molecule has 1 aromatic heterocycles. The van der Waals surface area contributed by atoms with Gasteiger partial charge in [-0.3, -0.25) is 9.69 Å². The van der Waals surface area contributed by atoms with Gasteiger partial charge in [-0.05, 0) is 37.1 Å². The molecule has 2 aliphatic heterocycles. The fourth-order valence-corrected chi connectivity index (χ4v) is 4.12. The van der Waals surface area contributed by atoms with Gasteiger partial charge in [0, 0.05) is 44.2 Å². The summed E-state index contributed by atoms with van der Waals surface area (Å²) in [6.07, 6.45) is 4.70. The molecule has 1 atom stereocenters. The highest BCUT2D eigenvalue weighted by Gasteiger charge is 2.29. The number of imidazole rings is 1. The molecule has 3 heterocycles. The summed E-state index contributed by atoms with van der Waals surface area (Å²) in [4.78, 5) is 24.9. The predicted molar refractivity (Wildman–Crippen MR) is 121 cm³/mol. The number of nitrogens with one attached hydrogen (secondary N) is 2. The van der Waals surface area contributed by atoms with Crippen LogP contribution in [-0.4, -0.2) is 64.9 Å². The first-order valence-electron chi connectivity index (χ1n) is 9.74. The number of nitrogens with zero attached hydrogens (tertiary/aromatic N) is 3. The number of aromatic amines is 1. The van der Waals surface area contributed by atoms with Crippen molar-refractivity contribution in [3.05, 3.63) is 41.3 Å². The Bertz CT molecular complexity index is 777. The highest BCUT2D eigenvalue weighted by Crippen LogP contribution is 2.31. The molecule has 2 saturated heterocycles. The van der Waals surface area contributed by atoms with Crippen molar-refractivity contribution in [1.29, 1.82) is 0 Å². The van der Waals surface area contributed by atoms with Crippen molar-refractivity contribution < 1.29 is 4.79 Å². The Balaban J connectivity index is 0.00000150. The number of halogens is 3. The summed E-state index contributed by atoms with van der Waals surface area (Å²) < 4.78 is 0. The molecule has 0 saturated carbocycles. The lowest BCUT2D eigenvalue weighted by Gasteiger charge is -2.29. The lowest BCUT2D eigenvalue weighted by Crippen LogP contribution is -2.47. The van der Waals surface area contributed by atoms with Crippen LogP contribution in [0.25, 0.3) is 11.3 Å². The van der Waals surface area contributed by atoms with Gasteiger partial charge in [0.15, 0.2) is 0 Å². The zero-order valence-corrected chi connectivity index (χ0v) is 18.7. The fraction of sp³-hybridized carbons (Fsp3) is 0.500. The number of rotatable bonds is 5. The molecule has 4 rings (SSSR count). The summed E-state index contributed by atoms with van der Waals surface area (Å²) in [5.41, 5.74) is 2.09. The smallest absolute Gasteiger partial charge is 0.223 e. The summed E-state index contributed by atoms with van der Waals surface area (Å²) in [5, 5.41) is 4.02. The maximum atomic E-state index is 12.5. The molecule has 29 heavy (non-hydrogen) atoms. The zero-order valence-electron chi connectivity index (χ0n) is 16.3. The van der Waals surface area contributed by atoms with Crippen LogP contribution in [0.1, 0.15) is 31.1 Å². The molecule has 2 N–H and O–H groups in total. The minimum absolute atomic E-state index is 0. The Labute approximate surface area is 189 Å². The lowest BCUT2D eigenvalue weighted by atomic mass is 10.2. The SMILES string of the molecule is Cl.Cl.O=C(CCN1CCCC1c1ncc(-c2ccc(Cl)cc2)[nH]1)N1CCNCC1. The Morgan fingerprint density at radius 1 is 1.14 bits per heavy atom. The average Bonchev–Trinajstić information content (AvgIpc) is 3.36. The number of benzene rings is 1. The molecule has 0 bridgehead atoms. The Morgan fingerprint density at radius 3 is 2.59 bits per heavy atom. The lowest BCUT2D eigenvalue weighted by molar-refractivity contribution is -0.132. The van der Waals surface area contributed by atoms with Crippen LogP contribution in [-0.2, 0) is 4.79 Å². The van der Waals surface area contributed by atoms with Crippen LogP contribution in [0.3, 0.4) is 0 Å². The van der Waals surface area contributed by atoms with Gasteiger partial charge < -0.3 is 15.2 Å². The van der Waals surface area contributed by atoms with E-state index >= 15 is 0 Å². The molecule has 1 amide bonds. The Morgan fingerprint density at radius 2 is 1.86 bits per heavy atom. The summed E-state index contributed by atoms with van der Waals surface area (Å²) in [6.45, 7) is 5.27. The zero-order chi connectivity index (χ0) is 18.6. The number of amides is 1. The van der Waals surface area contributed by atoms with Crippen molar-refractivity contribution in [2.45, 2.75) is 25.3 Å². The Hall–Kier alpha value is -1.31. The van der Waals surface area contributed by atoms with Gasteiger partial charge in [0.25, 0.3) is 0 Å². The van der Waals surface area contributed by atoms with Gasteiger partial charge in [-0.25, -0.2) is 4.98 Å². The molecule has 9 heteroatoms. The van der Waals surface area contributed by atoms with Crippen molar-refractivity contribution in [2.75, 3.05) is 39.3 Å². The molecule has 2 fully saturated rings. The molecule has 2 aliphatic rings. The molecule has 6 nitrogen and oxygen atoms in total. The first-order chi connectivity index (χ1) is 13.2. The Kier molecular flexibility index (Phi) is 9.24. The van der Waals surface area contributed by atoms with Crippen molar-refractivity contribution in [2.24, 2.45) is 0 Å². The molecular weight excluding hydrogens is 433 g/mol. The molecular formula is C20H28Cl3N5O. The second-order valence-corrected chi connectivity index (χ2v) is 7.70. The summed E-state index contributed by atoms with van der Waals surface area (Å²) in [7, 11) is 0. The molecule has 0 radical (unpaired) electrons. The summed E-state index contributed by atoms with van der Waals surface area (Å²) >= 11 is 5.98. The monoisotopic (exact) mass is 459 g/mol. The van der Waals surface area contributed by atoms with E-state index in [9.17, 15) is 4.79 Å². The second-order valence-electron chi connectivity index (χ2n) is 7.26. The largest absolute Gasteiger partial charge is 0.341 e. The third-order valence-corrected chi connectivity index (χ3v) is 5.76. The van der Waals surface area contributed by atoms with Gasteiger partial charge >= 0.3 is 0 Å². The van der Waals surface area contributed by atoms with E-state index in [-0.39, 0.29) is 36.8 Å². The maximum absolute atomic E-state index is 12.5. The number of likely N-dealkylation sites (tertiary alicyclic amines) is 1. The van der Waals surface area contributed by atoms with Crippen molar-refractivity contribution >= 4 is 42.3 Å². The van der Waals surface area contributed by atoms with E-state index < -0.39 is 0 Å². The third kappa shape index (κ3) is 5.86. The summed E-state index contributed by atoms with van der Waals surface area (Å²) in [5.74, 6) is 1.26. The normalized spacial score (nSPS) is 19.5.